The lowest BCUT2D eigenvalue weighted by atomic mass is 10.2. The van der Waals surface area contributed by atoms with Crippen LogP contribution in [0.2, 0.25) is 0 Å². The predicted molar refractivity (Wildman–Crippen MR) is 63.8 cm³/mol. The zero-order chi connectivity index (χ0) is 12.3. The minimum atomic E-state index is -0.852. The molecule has 1 N–H and O–H groups in total. The van der Waals surface area contributed by atoms with E-state index in [1.54, 1.807) is 6.20 Å². The third kappa shape index (κ3) is 2.93. The average molecular weight is 230 g/mol. The molecule has 0 spiro atoms. The van der Waals surface area contributed by atoms with Crippen molar-refractivity contribution in [3.05, 3.63) is 53.6 Å². The van der Waals surface area contributed by atoms with Crippen molar-refractivity contribution in [3.8, 4) is 0 Å². The van der Waals surface area contributed by atoms with Gasteiger partial charge in [-0.15, -0.1) is 0 Å². The van der Waals surface area contributed by atoms with E-state index in [1.807, 2.05) is 41.8 Å². The zero-order valence-electron chi connectivity index (χ0n) is 9.63. The van der Waals surface area contributed by atoms with Crippen LogP contribution >= 0.6 is 0 Å². The van der Waals surface area contributed by atoms with E-state index in [9.17, 15) is 4.79 Å². The highest BCUT2D eigenvalue weighted by Crippen LogP contribution is 2.08. The van der Waals surface area contributed by atoms with Gasteiger partial charge >= 0.3 is 5.97 Å². The second kappa shape index (κ2) is 4.82. The van der Waals surface area contributed by atoms with Gasteiger partial charge < -0.3 is 9.67 Å². The van der Waals surface area contributed by atoms with Gasteiger partial charge in [0.25, 0.3) is 0 Å². The van der Waals surface area contributed by atoms with Crippen LogP contribution in [0.25, 0.3) is 0 Å². The lowest BCUT2D eigenvalue weighted by Gasteiger charge is -2.04. The highest BCUT2D eigenvalue weighted by Gasteiger charge is 2.07. The Hall–Kier alpha value is -2.10. The second-order valence-electron chi connectivity index (χ2n) is 3.96. The topological polar surface area (TPSA) is 55.1 Å². The number of carboxylic acids is 1. The summed E-state index contributed by atoms with van der Waals surface area (Å²) in [5, 5.41) is 8.71. The fraction of sp³-hybridized carbons (Fsp3) is 0.231. The summed E-state index contributed by atoms with van der Waals surface area (Å²) in [6.45, 7) is 2.60. The molecule has 0 aliphatic carbocycles. The van der Waals surface area contributed by atoms with Crippen molar-refractivity contribution in [1.29, 1.82) is 0 Å². The summed E-state index contributed by atoms with van der Waals surface area (Å²) in [4.78, 5) is 14.8. The van der Waals surface area contributed by atoms with Gasteiger partial charge in [-0.3, -0.25) is 4.79 Å². The first kappa shape index (κ1) is 11.4. The summed E-state index contributed by atoms with van der Waals surface area (Å²) in [5.74, 6) is -0.0144. The molecule has 0 aliphatic rings. The number of aliphatic carboxylic acids is 1. The van der Waals surface area contributed by atoms with E-state index in [2.05, 4.69) is 4.98 Å². The molecule has 1 heterocycles. The van der Waals surface area contributed by atoms with E-state index in [-0.39, 0.29) is 6.42 Å². The largest absolute Gasteiger partial charge is 0.481 e. The van der Waals surface area contributed by atoms with Gasteiger partial charge in [0.1, 0.15) is 5.82 Å². The molecule has 0 aliphatic heterocycles. The Morgan fingerprint density at radius 1 is 1.35 bits per heavy atom. The van der Waals surface area contributed by atoms with Crippen LogP contribution in [0.15, 0.2) is 36.5 Å². The minimum absolute atomic E-state index is 0.0252. The minimum Gasteiger partial charge on any atom is -0.481 e. The predicted octanol–water partition coefficient (Wildman–Crippen LogP) is 1.87. The quantitative estimate of drug-likeness (QED) is 0.872. The van der Waals surface area contributed by atoms with Crippen LogP contribution in [-0.4, -0.2) is 20.6 Å². The number of aromatic nitrogens is 2. The summed E-state index contributed by atoms with van der Waals surface area (Å²) in [6.07, 6.45) is 1.78. The molecule has 4 nitrogen and oxygen atoms in total. The van der Waals surface area contributed by atoms with Crippen LogP contribution in [-0.2, 0) is 17.8 Å². The number of benzene rings is 1. The van der Waals surface area contributed by atoms with Gasteiger partial charge in [-0.05, 0) is 12.5 Å². The molecule has 4 heteroatoms. The third-order valence-corrected chi connectivity index (χ3v) is 2.55. The highest BCUT2D eigenvalue weighted by molar-refractivity contribution is 5.69. The molecule has 1 aromatic carbocycles. The van der Waals surface area contributed by atoms with Gasteiger partial charge in [0, 0.05) is 12.7 Å². The molecule has 88 valence electrons. The summed E-state index contributed by atoms with van der Waals surface area (Å²) >= 11 is 0. The first-order valence-electron chi connectivity index (χ1n) is 5.43. The summed E-state index contributed by atoms with van der Waals surface area (Å²) in [7, 11) is 0. The van der Waals surface area contributed by atoms with Crippen LogP contribution in [0.1, 0.15) is 17.1 Å². The number of hydrogen-bond acceptors (Lipinski definition) is 2. The molecule has 1 aromatic heterocycles. The molecule has 0 atom stereocenters. The van der Waals surface area contributed by atoms with Crippen LogP contribution < -0.4 is 0 Å². The highest BCUT2D eigenvalue weighted by atomic mass is 16.4. The van der Waals surface area contributed by atoms with Gasteiger partial charge in [0.2, 0.25) is 0 Å². The van der Waals surface area contributed by atoms with Crippen molar-refractivity contribution in [2.24, 2.45) is 0 Å². The Kier molecular flexibility index (Phi) is 3.23. The van der Waals surface area contributed by atoms with E-state index in [1.165, 1.54) is 5.56 Å². The maximum Gasteiger partial charge on any atom is 0.309 e. The van der Waals surface area contributed by atoms with E-state index >= 15 is 0 Å². The van der Waals surface area contributed by atoms with Crippen LogP contribution in [0.5, 0.6) is 0 Å². The van der Waals surface area contributed by atoms with Crippen molar-refractivity contribution in [2.45, 2.75) is 19.9 Å². The number of carboxylic acid groups (broad SMARTS) is 1. The number of aryl methyl sites for hydroxylation is 1. The molecular weight excluding hydrogens is 216 g/mol. The van der Waals surface area contributed by atoms with Gasteiger partial charge in [-0.25, -0.2) is 4.98 Å². The Morgan fingerprint density at radius 2 is 2.06 bits per heavy atom. The first-order chi connectivity index (χ1) is 8.15. The molecule has 0 unspecified atom stereocenters. The van der Waals surface area contributed by atoms with Crippen LogP contribution in [0, 0.1) is 6.92 Å². The van der Waals surface area contributed by atoms with Crippen LogP contribution in [0.4, 0.5) is 0 Å². The normalized spacial score (nSPS) is 10.4. The number of hydrogen-bond donors (Lipinski definition) is 1. The lowest BCUT2D eigenvalue weighted by molar-refractivity contribution is -0.136. The molecule has 0 amide bonds. The lowest BCUT2D eigenvalue weighted by Crippen LogP contribution is -2.01. The van der Waals surface area contributed by atoms with E-state index in [0.717, 1.165) is 12.4 Å². The van der Waals surface area contributed by atoms with Gasteiger partial charge in [0.05, 0.1) is 12.1 Å². The standard InChI is InChI=1S/C13H14N2O2/c1-10-14-12(7-13(16)17)9-15(10)8-11-5-3-2-4-6-11/h2-6,9H,7-8H2,1H3,(H,16,17). The Labute approximate surface area is 99.5 Å². The van der Waals surface area contributed by atoms with Gasteiger partial charge in [-0.2, -0.15) is 0 Å². The zero-order valence-corrected chi connectivity index (χ0v) is 9.63. The number of nitrogens with zero attached hydrogens (tertiary/aromatic N) is 2. The van der Waals surface area contributed by atoms with Gasteiger partial charge in [0.15, 0.2) is 0 Å². The molecule has 0 fully saturated rings. The Bertz CT molecular complexity index is 517. The van der Waals surface area contributed by atoms with Gasteiger partial charge in [-0.1, -0.05) is 30.3 Å². The first-order valence-corrected chi connectivity index (χ1v) is 5.43. The summed E-state index contributed by atoms with van der Waals surface area (Å²) in [5.41, 5.74) is 1.78. The van der Waals surface area contributed by atoms with Crippen LogP contribution in [0.3, 0.4) is 0 Å². The molecule has 0 bridgehead atoms. The SMILES string of the molecule is Cc1nc(CC(=O)O)cn1Cc1ccccc1. The van der Waals surface area contributed by atoms with E-state index in [0.29, 0.717) is 5.69 Å². The second-order valence-corrected chi connectivity index (χ2v) is 3.96. The maximum atomic E-state index is 10.6. The number of imidazole rings is 1. The van der Waals surface area contributed by atoms with Crippen molar-refractivity contribution < 1.29 is 9.90 Å². The molecule has 17 heavy (non-hydrogen) atoms. The van der Waals surface area contributed by atoms with E-state index < -0.39 is 5.97 Å². The van der Waals surface area contributed by atoms with Crippen molar-refractivity contribution in [1.82, 2.24) is 9.55 Å². The van der Waals surface area contributed by atoms with Crippen molar-refractivity contribution >= 4 is 5.97 Å². The molecular formula is C13H14N2O2. The molecule has 0 radical (unpaired) electrons. The molecule has 2 aromatic rings. The summed E-state index contributed by atoms with van der Waals surface area (Å²) < 4.78 is 1.97. The average Bonchev–Trinajstić information content (AvgIpc) is 2.59. The Balaban J connectivity index is 2.16. The molecule has 2 rings (SSSR count). The number of carbonyl (C=O) groups is 1. The smallest absolute Gasteiger partial charge is 0.309 e. The van der Waals surface area contributed by atoms with E-state index in [4.69, 9.17) is 5.11 Å². The molecule has 0 saturated heterocycles. The fourth-order valence-corrected chi connectivity index (χ4v) is 1.75. The third-order valence-electron chi connectivity index (χ3n) is 2.55. The maximum absolute atomic E-state index is 10.6. The Morgan fingerprint density at radius 3 is 2.71 bits per heavy atom. The molecule has 0 saturated carbocycles. The fourth-order valence-electron chi connectivity index (χ4n) is 1.75. The number of rotatable bonds is 4. The van der Waals surface area contributed by atoms with Crippen molar-refractivity contribution in [3.63, 3.8) is 0 Å². The monoisotopic (exact) mass is 230 g/mol. The van der Waals surface area contributed by atoms with Crippen molar-refractivity contribution in [2.75, 3.05) is 0 Å². The summed E-state index contributed by atoms with van der Waals surface area (Å²) in [6, 6.07) is 10.0.